The highest BCUT2D eigenvalue weighted by Gasteiger charge is 2.26. The Kier molecular flexibility index (Phi) is 6.91. The van der Waals surface area contributed by atoms with E-state index in [9.17, 15) is 9.59 Å². The molecule has 1 atom stereocenters. The van der Waals surface area contributed by atoms with Crippen molar-refractivity contribution in [2.75, 3.05) is 25.6 Å². The van der Waals surface area contributed by atoms with E-state index >= 15 is 0 Å². The van der Waals surface area contributed by atoms with Crippen LogP contribution in [0.1, 0.15) is 39.8 Å². The topological polar surface area (TPSA) is 183 Å². The number of carbonyl (C=O) groups excluding carboxylic acids is 1. The van der Waals surface area contributed by atoms with Gasteiger partial charge in [0, 0.05) is 17.7 Å². The molecule has 0 bridgehead atoms. The molecule has 0 radical (unpaired) electrons. The molecule has 12 nitrogen and oxygen atoms in total. The molecule has 1 aliphatic heterocycles. The molecule has 200 valence electrons. The first-order chi connectivity index (χ1) is 18.9. The van der Waals surface area contributed by atoms with Crippen molar-refractivity contribution in [2.24, 2.45) is 11.5 Å². The number of ether oxygens (including phenoxy) is 3. The minimum absolute atomic E-state index is 0.0538. The predicted octanol–water partition coefficient (Wildman–Crippen LogP) is 2.31. The average Bonchev–Trinajstić information content (AvgIpc) is 3.16. The number of anilines is 1. The number of nitrogens with one attached hydrogen (secondary N) is 3. The van der Waals surface area contributed by atoms with E-state index in [0.717, 1.165) is 4.68 Å². The molecule has 39 heavy (non-hydrogen) atoms. The summed E-state index contributed by atoms with van der Waals surface area (Å²) in [5.74, 6) is 0.978. The number of H-pyrrole nitrogens is 1. The van der Waals surface area contributed by atoms with Crippen LogP contribution in [0.5, 0.6) is 17.2 Å². The number of fused-ring (bicyclic) bond motifs is 1. The normalized spacial score (nSPS) is 13.3. The number of rotatable bonds is 8. The Hall–Kier alpha value is -5.26. The van der Waals surface area contributed by atoms with Crippen molar-refractivity contribution in [3.05, 3.63) is 93.7 Å². The number of nitrogens with zero attached hydrogens (tertiary/aromatic N) is 2. The number of amidine groups is 1. The van der Waals surface area contributed by atoms with Gasteiger partial charge in [-0.3, -0.25) is 15.2 Å². The van der Waals surface area contributed by atoms with E-state index in [1.807, 2.05) is 0 Å². The smallest absolute Gasteiger partial charge is 0.348 e. The number of hydrogen-bond donors (Lipinski definition) is 5. The number of hydrogen-bond acceptors (Lipinski definition) is 8. The van der Waals surface area contributed by atoms with Crippen LogP contribution in [0.3, 0.4) is 0 Å². The number of amides is 1. The fraction of sp³-hybridized carbons (Fsp3) is 0.185. The van der Waals surface area contributed by atoms with Gasteiger partial charge < -0.3 is 31.0 Å². The molecule has 0 spiro atoms. The van der Waals surface area contributed by atoms with Gasteiger partial charge in [-0.05, 0) is 54.1 Å². The Balaban J connectivity index is 1.63. The summed E-state index contributed by atoms with van der Waals surface area (Å²) in [5, 5.41) is 15.6. The molecule has 0 aliphatic carbocycles. The molecule has 7 N–H and O–H groups in total. The van der Waals surface area contributed by atoms with E-state index in [1.165, 1.54) is 13.2 Å². The summed E-state index contributed by atoms with van der Waals surface area (Å²) in [5.41, 5.74) is 12.9. The highest BCUT2D eigenvalue weighted by atomic mass is 16.5. The summed E-state index contributed by atoms with van der Waals surface area (Å²) in [4.78, 5) is 27.9. The van der Waals surface area contributed by atoms with E-state index in [-0.39, 0.29) is 22.9 Å². The number of primary amides is 1. The SMILES string of the molecule is COc1cc([C@H](Nc2ccc(C(=N)N)cc2)c2nn(-c3ccccc3C(N)=O)c(=O)[nH]2)cc2c1OCCCO2. The summed E-state index contributed by atoms with van der Waals surface area (Å²) in [6.07, 6.45) is 0.717. The quantitative estimate of drug-likeness (QED) is 0.170. The summed E-state index contributed by atoms with van der Waals surface area (Å²) < 4.78 is 18.5. The Morgan fingerprint density at radius 3 is 2.59 bits per heavy atom. The zero-order valence-corrected chi connectivity index (χ0v) is 21.1. The lowest BCUT2D eigenvalue weighted by Crippen LogP contribution is -2.21. The van der Waals surface area contributed by atoms with E-state index in [1.54, 1.807) is 54.6 Å². The van der Waals surface area contributed by atoms with Crippen molar-refractivity contribution in [2.45, 2.75) is 12.5 Å². The third-order valence-electron chi connectivity index (χ3n) is 6.20. The van der Waals surface area contributed by atoms with E-state index in [0.29, 0.717) is 53.7 Å². The third-order valence-corrected chi connectivity index (χ3v) is 6.20. The Morgan fingerprint density at radius 2 is 1.87 bits per heavy atom. The van der Waals surface area contributed by atoms with Gasteiger partial charge in [0.15, 0.2) is 17.3 Å². The first-order valence-corrected chi connectivity index (χ1v) is 12.1. The monoisotopic (exact) mass is 529 g/mol. The lowest BCUT2D eigenvalue weighted by Gasteiger charge is -2.21. The second-order valence-electron chi connectivity index (χ2n) is 8.78. The number of nitrogen functional groups attached to an aromatic ring is 1. The molecule has 1 aromatic heterocycles. The lowest BCUT2D eigenvalue weighted by atomic mass is 10.0. The summed E-state index contributed by atoms with van der Waals surface area (Å²) in [6.45, 7) is 0.962. The molecular formula is C27H27N7O5. The van der Waals surface area contributed by atoms with Gasteiger partial charge in [0.25, 0.3) is 5.91 Å². The zero-order chi connectivity index (χ0) is 27.5. The highest BCUT2D eigenvalue weighted by molar-refractivity contribution is 5.96. The number of nitrogens with two attached hydrogens (primary N) is 2. The molecular weight excluding hydrogens is 502 g/mol. The number of para-hydroxylation sites is 1. The summed E-state index contributed by atoms with van der Waals surface area (Å²) in [6, 6.07) is 16.3. The van der Waals surface area contributed by atoms with Crippen molar-refractivity contribution in [3.8, 4) is 22.9 Å². The maximum Gasteiger partial charge on any atom is 0.348 e. The third kappa shape index (κ3) is 5.12. The lowest BCUT2D eigenvalue weighted by molar-refractivity contribution is 0.1000. The van der Waals surface area contributed by atoms with Gasteiger partial charge in [0.1, 0.15) is 11.9 Å². The van der Waals surface area contributed by atoms with Crippen molar-refractivity contribution in [3.63, 3.8) is 0 Å². The van der Waals surface area contributed by atoms with Gasteiger partial charge in [0.05, 0.1) is 31.6 Å². The molecule has 1 amide bonds. The molecule has 5 rings (SSSR count). The summed E-state index contributed by atoms with van der Waals surface area (Å²) in [7, 11) is 1.54. The number of aromatic amines is 1. The number of benzene rings is 3. The Labute approximate surface area is 223 Å². The second kappa shape index (κ2) is 10.6. The van der Waals surface area contributed by atoms with Crippen LogP contribution in [0, 0.1) is 5.41 Å². The Morgan fingerprint density at radius 1 is 1.13 bits per heavy atom. The zero-order valence-electron chi connectivity index (χ0n) is 21.1. The van der Waals surface area contributed by atoms with Gasteiger partial charge in [-0.2, -0.15) is 4.68 Å². The van der Waals surface area contributed by atoms with Crippen molar-refractivity contribution in [1.29, 1.82) is 5.41 Å². The number of aromatic nitrogens is 3. The molecule has 3 aromatic carbocycles. The Bertz CT molecular complexity index is 1590. The van der Waals surface area contributed by atoms with Crippen LogP contribution >= 0.6 is 0 Å². The first-order valence-electron chi connectivity index (χ1n) is 12.1. The molecule has 0 saturated carbocycles. The maximum absolute atomic E-state index is 13.1. The number of methoxy groups -OCH3 is 1. The van der Waals surface area contributed by atoms with Crippen LogP contribution in [0.15, 0.2) is 65.5 Å². The van der Waals surface area contributed by atoms with Gasteiger partial charge in [-0.1, -0.05) is 12.1 Å². The van der Waals surface area contributed by atoms with Gasteiger partial charge >= 0.3 is 5.69 Å². The molecule has 0 saturated heterocycles. The van der Waals surface area contributed by atoms with Crippen LogP contribution in [0.25, 0.3) is 5.69 Å². The molecule has 2 heterocycles. The van der Waals surface area contributed by atoms with Gasteiger partial charge in [-0.15, -0.1) is 5.10 Å². The van der Waals surface area contributed by atoms with Crippen LogP contribution in [-0.2, 0) is 0 Å². The van der Waals surface area contributed by atoms with Crippen LogP contribution < -0.4 is 36.7 Å². The molecule has 0 unspecified atom stereocenters. The first kappa shape index (κ1) is 25.4. The van der Waals surface area contributed by atoms with Crippen molar-refractivity contribution in [1.82, 2.24) is 14.8 Å². The second-order valence-corrected chi connectivity index (χ2v) is 8.78. The predicted molar refractivity (Wildman–Crippen MR) is 144 cm³/mol. The standard InChI is InChI=1S/C27H27N7O5/c1-37-20-13-16(14-21-23(20)39-12-4-11-38-21)22(31-17-9-7-15(8-10-17)24(28)29)26-32-27(36)34(33-26)19-6-3-2-5-18(19)25(30)35/h2-3,5-10,13-14,22,31H,4,11-12H2,1H3,(H3,28,29)(H2,30,35)(H,32,33,36)/t22-/m0/s1. The van der Waals surface area contributed by atoms with Crippen molar-refractivity contribution < 1.29 is 19.0 Å². The van der Waals surface area contributed by atoms with Gasteiger partial charge in [-0.25, -0.2) is 4.79 Å². The fourth-order valence-corrected chi connectivity index (χ4v) is 4.30. The molecule has 0 fully saturated rings. The number of carbonyl (C=O) groups is 1. The van der Waals surface area contributed by atoms with Crippen LogP contribution in [0.4, 0.5) is 5.69 Å². The fourth-order valence-electron chi connectivity index (χ4n) is 4.30. The van der Waals surface area contributed by atoms with Gasteiger partial charge in [0.2, 0.25) is 5.75 Å². The van der Waals surface area contributed by atoms with Crippen LogP contribution in [0.2, 0.25) is 0 Å². The maximum atomic E-state index is 13.1. The van der Waals surface area contributed by atoms with Crippen LogP contribution in [-0.4, -0.2) is 46.8 Å². The largest absolute Gasteiger partial charge is 0.493 e. The van der Waals surface area contributed by atoms with E-state index < -0.39 is 17.6 Å². The molecule has 4 aromatic rings. The van der Waals surface area contributed by atoms with E-state index in [2.05, 4.69) is 15.4 Å². The highest BCUT2D eigenvalue weighted by Crippen LogP contribution is 2.42. The minimum atomic E-state index is -0.700. The summed E-state index contributed by atoms with van der Waals surface area (Å²) >= 11 is 0. The molecule has 1 aliphatic rings. The molecule has 12 heteroatoms. The average molecular weight is 530 g/mol. The van der Waals surface area contributed by atoms with Crippen molar-refractivity contribution >= 4 is 17.4 Å². The minimum Gasteiger partial charge on any atom is -0.493 e. The van der Waals surface area contributed by atoms with E-state index in [4.69, 9.17) is 31.1 Å².